The highest BCUT2D eigenvalue weighted by atomic mass is 32.2. The Balaban J connectivity index is 1.83. The van der Waals surface area contributed by atoms with Crippen LogP contribution in [0.2, 0.25) is 0 Å². The quantitative estimate of drug-likeness (QED) is 0.271. The fourth-order valence-corrected chi connectivity index (χ4v) is 5.12. The molecule has 0 unspecified atom stereocenters. The number of carboxylic acid groups (broad SMARTS) is 1. The van der Waals surface area contributed by atoms with Crippen LogP contribution in [0.25, 0.3) is 0 Å². The van der Waals surface area contributed by atoms with E-state index in [0.717, 1.165) is 30.6 Å². The van der Waals surface area contributed by atoms with Crippen LogP contribution in [0, 0.1) is 0 Å². The number of nitrogens with one attached hydrogen (secondary N) is 1. The first-order chi connectivity index (χ1) is 18.1. The van der Waals surface area contributed by atoms with E-state index in [4.69, 9.17) is 9.84 Å². The number of rotatable bonds is 15. The topological polar surface area (TPSA) is 122 Å². The maximum Gasteiger partial charge on any atom is 0.322 e. The van der Waals surface area contributed by atoms with Crippen molar-refractivity contribution in [2.24, 2.45) is 0 Å². The molecule has 3 rings (SSSR count). The normalized spacial score (nSPS) is 12.0. The van der Waals surface area contributed by atoms with Gasteiger partial charge in [-0.25, -0.2) is 18.4 Å². The van der Waals surface area contributed by atoms with E-state index in [0.29, 0.717) is 18.1 Å². The molecule has 9 nitrogen and oxygen atoms in total. The second-order valence-corrected chi connectivity index (χ2v) is 11.6. The Morgan fingerprint density at radius 2 is 1.82 bits per heavy atom. The lowest BCUT2D eigenvalue weighted by molar-refractivity contribution is -0.134. The Hall–Kier alpha value is -3.34. The Morgan fingerprint density at radius 3 is 2.47 bits per heavy atom. The molecule has 0 aliphatic rings. The number of pyridine rings is 2. The summed E-state index contributed by atoms with van der Waals surface area (Å²) in [5.41, 5.74) is 2.22. The Bertz CT molecular complexity index is 1280. The van der Waals surface area contributed by atoms with E-state index >= 15 is 0 Å². The van der Waals surface area contributed by atoms with Gasteiger partial charge in [0, 0.05) is 24.8 Å². The summed E-state index contributed by atoms with van der Waals surface area (Å²) in [5.74, 6) is -0.663. The second kappa shape index (κ2) is 13.5. The summed E-state index contributed by atoms with van der Waals surface area (Å²) in [5, 5.41) is 11.6. The van der Waals surface area contributed by atoms with E-state index < -0.39 is 16.0 Å². The summed E-state index contributed by atoms with van der Waals surface area (Å²) in [7, 11) is -3.94. The molecule has 2 N–H and O–H groups in total. The van der Waals surface area contributed by atoms with Crippen molar-refractivity contribution in [3.8, 4) is 0 Å². The Labute approximate surface area is 225 Å². The molecule has 0 saturated heterocycles. The van der Waals surface area contributed by atoms with E-state index in [-0.39, 0.29) is 30.1 Å². The molecule has 10 heteroatoms. The number of benzene rings is 1. The molecule has 0 aliphatic carbocycles. The Kier molecular flexibility index (Phi) is 10.3. The van der Waals surface area contributed by atoms with Crippen LogP contribution in [0.4, 0.5) is 5.82 Å². The van der Waals surface area contributed by atoms with Gasteiger partial charge in [-0.1, -0.05) is 63.6 Å². The summed E-state index contributed by atoms with van der Waals surface area (Å²) in [6.45, 7) is 7.53. The zero-order valence-electron chi connectivity index (χ0n) is 22.1. The lowest BCUT2D eigenvalue weighted by atomic mass is 9.85. The number of aromatic nitrogens is 2. The number of carbonyl (C=O) groups is 1. The lowest BCUT2D eigenvalue weighted by Crippen LogP contribution is -2.31. The largest absolute Gasteiger partial charge is 0.480 e. The lowest BCUT2D eigenvalue weighted by Gasteiger charge is -2.26. The first-order valence-electron chi connectivity index (χ1n) is 12.6. The predicted octanol–water partition coefficient (Wildman–Crippen LogP) is 4.46. The highest BCUT2D eigenvalue weighted by molar-refractivity contribution is 7.89. The van der Waals surface area contributed by atoms with Gasteiger partial charge in [-0.05, 0) is 41.8 Å². The molecule has 204 valence electrons. The van der Waals surface area contributed by atoms with Gasteiger partial charge >= 0.3 is 5.97 Å². The van der Waals surface area contributed by atoms with Crippen LogP contribution < -0.4 is 5.32 Å². The van der Waals surface area contributed by atoms with Crippen molar-refractivity contribution in [1.82, 2.24) is 14.3 Å². The van der Waals surface area contributed by atoms with Gasteiger partial charge in [-0.15, -0.1) is 0 Å². The molecular weight excluding hydrogens is 504 g/mol. The third kappa shape index (κ3) is 8.34. The van der Waals surface area contributed by atoms with Crippen LogP contribution >= 0.6 is 0 Å². The van der Waals surface area contributed by atoms with E-state index in [1.54, 1.807) is 30.3 Å². The van der Waals surface area contributed by atoms with Crippen LogP contribution in [0.3, 0.4) is 0 Å². The standard InChI is InChI=1S/C28H36N4O5S/c1-4-5-17-37-21-28(2,3)23-14-12-22(13-15-23)19-32(38(35,36)26-11-6-7-16-29-26)20-24-9-8-10-25(31-24)30-18-27(33)34/h6-16H,4-5,17-21H2,1-3H3,(H,30,31)(H,33,34). The Morgan fingerprint density at radius 1 is 1.05 bits per heavy atom. The van der Waals surface area contributed by atoms with E-state index in [9.17, 15) is 13.2 Å². The number of ether oxygens (including phenoxy) is 1. The van der Waals surface area contributed by atoms with Crippen molar-refractivity contribution >= 4 is 21.8 Å². The molecule has 2 aromatic heterocycles. The fourth-order valence-electron chi connectivity index (χ4n) is 3.79. The molecule has 0 fully saturated rings. The number of sulfonamides is 1. The summed E-state index contributed by atoms with van der Waals surface area (Å²) in [6.07, 6.45) is 3.56. The van der Waals surface area contributed by atoms with Crippen molar-refractivity contribution in [3.05, 3.63) is 83.7 Å². The molecule has 0 spiro atoms. The van der Waals surface area contributed by atoms with Crippen molar-refractivity contribution < 1.29 is 23.1 Å². The number of anilines is 1. The minimum Gasteiger partial charge on any atom is -0.480 e. The molecule has 0 atom stereocenters. The molecule has 3 aromatic rings. The minimum atomic E-state index is -3.94. The average Bonchev–Trinajstić information content (AvgIpc) is 2.90. The monoisotopic (exact) mass is 540 g/mol. The first-order valence-corrected chi connectivity index (χ1v) is 14.1. The number of carboxylic acids is 1. The second-order valence-electron chi connectivity index (χ2n) is 9.69. The number of hydrogen-bond donors (Lipinski definition) is 2. The van der Waals surface area contributed by atoms with Crippen LogP contribution in [-0.4, -0.2) is 53.5 Å². The van der Waals surface area contributed by atoms with Gasteiger partial charge in [0.15, 0.2) is 5.03 Å². The average molecular weight is 541 g/mol. The van der Waals surface area contributed by atoms with Crippen molar-refractivity contribution in [3.63, 3.8) is 0 Å². The van der Waals surface area contributed by atoms with E-state index in [1.165, 1.54) is 16.6 Å². The van der Waals surface area contributed by atoms with Gasteiger partial charge in [0.1, 0.15) is 12.4 Å². The van der Waals surface area contributed by atoms with Crippen LogP contribution in [0.5, 0.6) is 0 Å². The van der Waals surface area contributed by atoms with E-state index in [2.05, 4.69) is 36.1 Å². The van der Waals surface area contributed by atoms with Gasteiger partial charge in [0.25, 0.3) is 10.0 Å². The maximum absolute atomic E-state index is 13.6. The van der Waals surface area contributed by atoms with Crippen molar-refractivity contribution in [2.45, 2.75) is 57.1 Å². The van der Waals surface area contributed by atoms with Crippen LogP contribution in [0.1, 0.15) is 50.4 Å². The third-order valence-electron chi connectivity index (χ3n) is 6.01. The number of hydrogen-bond acceptors (Lipinski definition) is 7. The molecule has 1 aromatic carbocycles. The van der Waals surface area contributed by atoms with Gasteiger partial charge in [0.05, 0.1) is 18.8 Å². The molecule has 38 heavy (non-hydrogen) atoms. The zero-order valence-corrected chi connectivity index (χ0v) is 22.9. The minimum absolute atomic E-state index is 0.0139. The van der Waals surface area contributed by atoms with Crippen molar-refractivity contribution in [1.29, 1.82) is 0 Å². The first kappa shape index (κ1) is 29.2. The third-order valence-corrected chi connectivity index (χ3v) is 7.72. The van der Waals surface area contributed by atoms with Crippen LogP contribution in [-0.2, 0) is 38.1 Å². The maximum atomic E-state index is 13.6. The molecule has 0 aliphatic heterocycles. The summed E-state index contributed by atoms with van der Waals surface area (Å²) in [4.78, 5) is 19.4. The summed E-state index contributed by atoms with van der Waals surface area (Å²) >= 11 is 0. The van der Waals surface area contributed by atoms with Gasteiger partial charge in [-0.3, -0.25) is 4.79 Å². The van der Waals surface area contributed by atoms with Crippen LogP contribution in [0.15, 0.2) is 71.9 Å². The molecule has 0 amide bonds. The van der Waals surface area contributed by atoms with Gasteiger partial charge in [-0.2, -0.15) is 4.31 Å². The fraction of sp³-hybridized carbons (Fsp3) is 0.393. The summed E-state index contributed by atoms with van der Waals surface area (Å²) < 4.78 is 34.3. The number of unbranched alkanes of at least 4 members (excludes halogenated alkanes) is 1. The smallest absolute Gasteiger partial charge is 0.322 e. The highest BCUT2D eigenvalue weighted by Gasteiger charge is 2.27. The number of nitrogens with zero attached hydrogens (tertiary/aromatic N) is 3. The van der Waals surface area contributed by atoms with Gasteiger partial charge < -0.3 is 15.2 Å². The van der Waals surface area contributed by atoms with Crippen molar-refractivity contribution in [2.75, 3.05) is 25.1 Å². The van der Waals surface area contributed by atoms with E-state index in [1.807, 2.05) is 24.3 Å². The number of aliphatic carboxylic acids is 1. The van der Waals surface area contributed by atoms with Gasteiger partial charge in [0.2, 0.25) is 0 Å². The highest BCUT2D eigenvalue weighted by Crippen LogP contribution is 2.26. The zero-order chi connectivity index (χ0) is 27.6. The molecule has 0 saturated carbocycles. The molecule has 0 bridgehead atoms. The SMILES string of the molecule is CCCCOCC(C)(C)c1ccc(CN(Cc2cccc(NCC(=O)O)n2)S(=O)(=O)c2ccccn2)cc1. The molecule has 2 heterocycles. The summed E-state index contributed by atoms with van der Waals surface area (Å²) in [6, 6.07) is 17.7. The predicted molar refractivity (Wildman–Crippen MR) is 146 cm³/mol. The molecule has 0 radical (unpaired) electrons. The molecular formula is C28H36N4O5S.